The first-order valence-electron chi connectivity index (χ1n) is 5.89. The van der Waals surface area contributed by atoms with Crippen LogP contribution in [-0.4, -0.2) is 22.1 Å². The number of carbonyl (C=O) groups excluding carboxylic acids is 1. The Bertz CT molecular complexity index is 648. The van der Waals surface area contributed by atoms with Gasteiger partial charge in [-0.3, -0.25) is 4.57 Å². The molecule has 0 fully saturated rings. The van der Waals surface area contributed by atoms with Gasteiger partial charge in [-0.2, -0.15) is 4.39 Å². The van der Waals surface area contributed by atoms with Crippen molar-refractivity contribution in [3.05, 3.63) is 60.2 Å². The lowest BCUT2D eigenvalue weighted by atomic mass is 10.1. The highest BCUT2D eigenvalue weighted by Gasteiger charge is 2.22. The molecule has 0 atom stereocenters. The van der Waals surface area contributed by atoms with Crippen molar-refractivity contribution >= 4 is 11.7 Å². The van der Waals surface area contributed by atoms with Crippen LogP contribution in [0.5, 0.6) is 0 Å². The van der Waals surface area contributed by atoms with Gasteiger partial charge in [0.2, 0.25) is 5.95 Å². The smallest absolute Gasteiger partial charge is 0.360 e. The SMILES string of the molecule is C=C(c1ccc(F)cc1)n1cnc(F)c1C(=O)OCC. The van der Waals surface area contributed by atoms with Crippen molar-refractivity contribution < 1.29 is 18.3 Å². The summed E-state index contributed by atoms with van der Waals surface area (Å²) in [6.07, 6.45) is 1.13. The number of rotatable bonds is 4. The Labute approximate surface area is 114 Å². The second-order valence-electron chi connectivity index (χ2n) is 3.93. The summed E-state index contributed by atoms with van der Waals surface area (Å²) in [4.78, 5) is 15.2. The second kappa shape index (κ2) is 5.64. The average molecular weight is 278 g/mol. The van der Waals surface area contributed by atoms with Crippen LogP contribution < -0.4 is 0 Å². The second-order valence-corrected chi connectivity index (χ2v) is 3.93. The lowest BCUT2D eigenvalue weighted by Crippen LogP contribution is -2.13. The van der Waals surface area contributed by atoms with Crippen LogP contribution in [-0.2, 0) is 4.74 Å². The molecule has 104 valence electrons. The maximum atomic E-state index is 13.6. The standard InChI is InChI=1S/C14H12F2N2O2/c1-3-20-14(19)12-13(16)17-8-18(12)9(2)10-4-6-11(15)7-5-10/h4-8H,2-3H2,1H3. The minimum atomic E-state index is -0.938. The summed E-state index contributed by atoms with van der Waals surface area (Å²) in [6, 6.07) is 5.45. The number of benzene rings is 1. The molecule has 0 spiro atoms. The fourth-order valence-corrected chi connectivity index (χ4v) is 1.69. The molecule has 20 heavy (non-hydrogen) atoms. The largest absolute Gasteiger partial charge is 0.461 e. The van der Waals surface area contributed by atoms with Crippen LogP contribution in [0.4, 0.5) is 8.78 Å². The molecule has 0 N–H and O–H groups in total. The number of hydrogen-bond donors (Lipinski definition) is 0. The summed E-state index contributed by atoms with van der Waals surface area (Å²) in [5.41, 5.74) is 0.500. The lowest BCUT2D eigenvalue weighted by Gasteiger charge is -2.10. The maximum absolute atomic E-state index is 13.6. The first-order chi connectivity index (χ1) is 9.54. The van der Waals surface area contributed by atoms with E-state index in [9.17, 15) is 13.6 Å². The van der Waals surface area contributed by atoms with Crippen molar-refractivity contribution in [3.8, 4) is 0 Å². The normalized spacial score (nSPS) is 10.3. The number of carbonyl (C=O) groups is 1. The fraction of sp³-hybridized carbons (Fsp3) is 0.143. The van der Waals surface area contributed by atoms with E-state index in [0.717, 1.165) is 6.33 Å². The predicted octanol–water partition coefficient (Wildman–Crippen LogP) is 2.86. The molecule has 1 heterocycles. The third-order valence-electron chi connectivity index (χ3n) is 2.66. The Morgan fingerprint density at radius 3 is 2.60 bits per heavy atom. The number of ether oxygens (including phenoxy) is 1. The summed E-state index contributed by atoms with van der Waals surface area (Å²) >= 11 is 0. The highest BCUT2D eigenvalue weighted by Crippen LogP contribution is 2.20. The van der Waals surface area contributed by atoms with Gasteiger partial charge in [-0.25, -0.2) is 14.2 Å². The molecule has 0 bridgehead atoms. The van der Waals surface area contributed by atoms with Gasteiger partial charge in [-0.1, -0.05) is 6.58 Å². The number of nitrogens with zero attached hydrogens (tertiary/aromatic N) is 2. The summed E-state index contributed by atoms with van der Waals surface area (Å²) in [7, 11) is 0. The zero-order chi connectivity index (χ0) is 14.7. The molecular formula is C14H12F2N2O2. The van der Waals surface area contributed by atoms with Crippen LogP contribution in [0.25, 0.3) is 5.70 Å². The Kier molecular flexibility index (Phi) is 3.93. The fourth-order valence-electron chi connectivity index (χ4n) is 1.69. The number of halogens is 2. The average Bonchev–Trinajstić information content (AvgIpc) is 2.81. The van der Waals surface area contributed by atoms with Gasteiger partial charge in [-0.05, 0) is 36.8 Å². The lowest BCUT2D eigenvalue weighted by molar-refractivity contribution is 0.0511. The molecule has 4 nitrogen and oxygen atoms in total. The van der Waals surface area contributed by atoms with Crippen molar-refractivity contribution in [1.82, 2.24) is 9.55 Å². The van der Waals surface area contributed by atoms with Crippen molar-refractivity contribution in [2.75, 3.05) is 6.61 Å². The van der Waals surface area contributed by atoms with E-state index in [4.69, 9.17) is 4.74 Å². The molecule has 0 saturated heterocycles. The van der Waals surface area contributed by atoms with Crippen LogP contribution in [0.2, 0.25) is 0 Å². The van der Waals surface area contributed by atoms with Gasteiger partial charge in [0.15, 0.2) is 5.69 Å². The Balaban J connectivity index is 2.40. The molecule has 0 amide bonds. The van der Waals surface area contributed by atoms with E-state index < -0.39 is 17.7 Å². The third-order valence-corrected chi connectivity index (χ3v) is 2.66. The van der Waals surface area contributed by atoms with Crippen molar-refractivity contribution in [3.63, 3.8) is 0 Å². The quantitative estimate of drug-likeness (QED) is 0.808. The summed E-state index contributed by atoms with van der Waals surface area (Å²) in [5.74, 6) is -2.17. The molecule has 0 aliphatic heterocycles. The number of aromatic nitrogens is 2. The first kappa shape index (κ1) is 13.9. The molecule has 1 aromatic carbocycles. The number of hydrogen-bond acceptors (Lipinski definition) is 3. The topological polar surface area (TPSA) is 44.1 Å². The molecule has 0 aliphatic rings. The molecule has 0 saturated carbocycles. The summed E-state index contributed by atoms with van der Waals surface area (Å²) < 4.78 is 32.4. The van der Waals surface area contributed by atoms with E-state index in [0.29, 0.717) is 11.3 Å². The van der Waals surface area contributed by atoms with Gasteiger partial charge in [0.05, 0.1) is 6.61 Å². The van der Waals surface area contributed by atoms with Crippen molar-refractivity contribution in [2.45, 2.75) is 6.92 Å². The molecule has 2 rings (SSSR count). The maximum Gasteiger partial charge on any atom is 0.360 e. The van der Waals surface area contributed by atoms with E-state index in [2.05, 4.69) is 11.6 Å². The highest BCUT2D eigenvalue weighted by atomic mass is 19.1. The van der Waals surface area contributed by atoms with Crippen molar-refractivity contribution in [2.24, 2.45) is 0 Å². The van der Waals surface area contributed by atoms with Crippen LogP contribution in [0.1, 0.15) is 23.0 Å². The van der Waals surface area contributed by atoms with Gasteiger partial charge in [0.1, 0.15) is 12.1 Å². The zero-order valence-corrected chi connectivity index (χ0v) is 10.8. The molecule has 0 aliphatic carbocycles. The van der Waals surface area contributed by atoms with Crippen molar-refractivity contribution in [1.29, 1.82) is 0 Å². The third kappa shape index (κ3) is 2.59. The number of imidazole rings is 1. The Hall–Kier alpha value is -2.50. The minimum Gasteiger partial charge on any atom is -0.461 e. The minimum absolute atomic E-state index is 0.118. The molecule has 6 heteroatoms. The van der Waals surface area contributed by atoms with E-state index in [1.807, 2.05) is 0 Å². The predicted molar refractivity (Wildman–Crippen MR) is 69.0 cm³/mol. The molecule has 2 aromatic rings. The van der Waals surface area contributed by atoms with Gasteiger partial charge >= 0.3 is 5.97 Å². The molecule has 0 unspecified atom stereocenters. The van der Waals surface area contributed by atoms with E-state index in [1.54, 1.807) is 6.92 Å². The summed E-state index contributed by atoms with van der Waals surface area (Å²) in [5, 5.41) is 0. The van der Waals surface area contributed by atoms with Crippen LogP contribution in [0.15, 0.2) is 37.2 Å². The van der Waals surface area contributed by atoms with Gasteiger partial charge < -0.3 is 4.74 Å². The Morgan fingerprint density at radius 1 is 1.35 bits per heavy atom. The molecular weight excluding hydrogens is 266 g/mol. The van der Waals surface area contributed by atoms with E-state index in [1.165, 1.54) is 28.8 Å². The van der Waals surface area contributed by atoms with Crippen LogP contribution in [0.3, 0.4) is 0 Å². The van der Waals surface area contributed by atoms with Gasteiger partial charge in [0.25, 0.3) is 0 Å². The first-order valence-corrected chi connectivity index (χ1v) is 5.89. The van der Waals surface area contributed by atoms with E-state index in [-0.39, 0.29) is 12.3 Å². The number of esters is 1. The Morgan fingerprint density at radius 2 is 2.00 bits per heavy atom. The highest BCUT2D eigenvalue weighted by molar-refractivity contribution is 5.89. The van der Waals surface area contributed by atoms with Crippen LogP contribution >= 0.6 is 0 Å². The molecule has 1 aromatic heterocycles. The summed E-state index contributed by atoms with van der Waals surface area (Å²) in [6.45, 7) is 5.50. The van der Waals surface area contributed by atoms with Gasteiger partial charge in [-0.15, -0.1) is 0 Å². The van der Waals surface area contributed by atoms with E-state index >= 15 is 0 Å². The van der Waals surface area contributed by atoms with Gasteiger partial charge in [0, 0.05) is 5.70 Å². The monoisotopic (exact) mass is 278 g/mol. The van der Waals surface area contributed by atoms with Crippen LogP contribution in [0, 0.1) is 11.8 Å². The zero-order valence-electron chi connectivity index (χ0n) is 10.8. The molecule has 0 radical (unpaired) electrons.